The summed E-state index contributed by atoms with van der Waals surface area (Å²) >= 11 is 4.17. The highest BCUT2D eigenvalue weighted by molar-refractivity contribution is 7.80. The van der Waals surface area contributed by atoms with Crippen molar-refractivity contribution >= 4 is 42.3 Å². The van der Waals surface area contributed by atoms with Crippen molar-refractivity contribution in [1.82, 2.24) is 15.5 Å². The van der Waals surface area contributed by atoms with Crippen LogP contribution in [-0.2, 0) is 19.2 Å². The number of carboxylic acids is 1. The van der Waals surface area contributed by atoms with E-state index in [4.69, 9.17) is 22.9 Å². The lowest BCUT2D eigenvalue weighted by Gasteiger charge is -2.29. The largest absolute Gasteiger partial charge is 0.480 e. The number of aliphatic carboxylic acids is 1. The average molecular weight is 503 g/mol. The molecule has 1 rings (SSSR count). The molecule has 4 unspecified atom stereocenters. The number of amides is 3. The first kappa shape index (κ1) is 29.5. The third kappa shape index (κ3) is 9.73. The molecule has 4 atom stereocenters. The molecular weight excluding hydrogens is 464 g/mol. The second kappa shape index (κ2) is 15.3. The maximum Gasteiger partial charge on any atom is 0.326 e. The molecule has 14 heteroatoms. The Kier molecular flexibility index (Phi) is 13.3. The molecule has 194 valence electrons. The number of nitrogens with zero attached hydrogens (tertiary/aromatic N) is 2. The number of carbonyl (C=O) groups is 4. The fourth-order valence-electron chi connectivity index (χ4n) is 3.64. The van der Waals surface area contributed by atoms with Crippen molar-refractivity contribution in [3.63, 3.8) is 0 Å². The Morgan fingerprint density at radius 3 is 2.38 bits per heavy atom. The molecule has 11 N–H and O–H groups in total. The smallest absolute Gasteiger partial charge is 0.326 e. The van der Waals surface area contributed by atoms with Crippen LogP contribution in [0.1, 0.15) is 44.9 Å². The van der Waals surface area contributed by atoms with Crippen molar-refractivity contribution in [2.24, 2.45) is 27.9 Å². The van der Waals surface area contributed by atoms with Crippen molar-refractivity contribution in [2.45, 2.75) is 69.1 Å². The van der Waals surface area contributed by atoms with E-state index in [0.29, 0.717) is 58.2 Å². The van der Waals surface area contributed by atoms with E-state index in [1.54, 1.807) is 0 Å². The van der Waals surface area contributed by atoms with E-state index < -0.39 is 47.9 Å². The maximum atomic E-state index is 13.1. The zero-order valence-corrected chi connectivity index (χ0v) is 20.2. The monoisotopic (exact) mass is 502 g/mol. The van der Waals surface area contributed by atoms with Crippen LogP contribution in [-0.4, -0.2) is 89.2 Å². The third-order valence-corrected chi connectivity index (χ3v) is 5.87. The van der Waals surface area contributed by atoms with Gasteiger partial charge in [-0.1, -0.05) is 0 Å². The van der Waals surface area contributed by atoms with E-state index in [-0.39, 0.29) is 18.1 Å². The van der Waals surface area contributed by atoms with Gasteiger partial charge in [0, 0.05) is 18.8 Å². The fraction of sp³-hybridized carbons (Fsp3) is 0.750. The zero-order valence-electron chi connectivity index (χ0n) is 19.3. The van der Waals surface area contributed by atoms with Gasteiger partial charge in [-0.3, -0.25) is 19.4 Å². The van der Waals surface area contributed by atoms with Gasteiger partial charge in [0.15, 0.2) is 5.96 Å². The van der Waals surface area contributed by atoms with Crippen LogP contribution in [0.15, 0.2) is 4.99 Å². The minimum Gasteiger partial charge on any atom is -0.480 e. The van der Waals surface area contributed by atoms with E-state index in [0.717, 1.165) is 0 Å². The Bertz CT molecular complexity index is 734. The molecule has 1 saturated heterocycles. The average Bonchev–Trinajstić information content (AvgIpc) is 3.28. The predicted molar refractivity (Wildman–Crippen MR) is 131 cm³/mol. The number of nitrogens with one attached hydrogen (secondary N) is 2. The van der Waals surface area contributed by atoms with Crippen LogP contribution in [0.4, 0.5) is 0 Å². The Morgan fingerprint density at radius 1 is 1.09 bits per heavy atom. The predicted octanol–water partition coefficient (Wildman–Crippen LogP) is -2.53. The number of hydrogen-bond donors (Lipinski definition) is 8. The molecule has 0 saturated carbocycles. The van der Waals surface area contributed by atoms with Gasteiger partial charge in [-0.05, 0) is 51.5 Å². The van der Waals surface area contributed by atoms with E-state index in [9.17, 15) is 24.3 Å². The number of carbonyl (C=O) groups excluding carboxylic acids is 3. The second-order valence-corrected chi connectivity index (χ2v) is 8.54. The number of thiol groups is 1. The highest BCUT2D eigenvalue weighted by Gasteiger charge is 2.38. The van der Waals surface area contributed by atoms with Gasteiger partial charge in [-0.2, -0.15) is 12.6 Å². The van der Waals surface area contributed by atoms with Gasteiger partial charge in [0.1, 0.15) is 18.1 Å². The van der Waals surface area contributed by atoms with Crippen LogP contribution >= 0.6 is 12.6 Å². The fourth-order valence-corrected chi connectivity index (χ4v) is 3.88. The molecule has 0 spiro atoms. The lowest BCUT2D eigenvalue weighted by Crippen LogP contribution is -2.57. The van der Waals surface area contributed by atoms with Crippen LogP contribution in [0.3, 0.4) is 0 Å². The summed E-state index contributed by atoms with van der Waals surface area (Å²) < 4.78 is 0. The van der Waals surface area contributed by atoms with Crippen molar-refractivity contribution in [3.8, 4) is 0 Å². The summed E-state index contributed by atoms with van der Waals surface area (Å²) in [5.41, 5.74) is 21.8. The Hall–Kier alpha value is -2.58. The van der Waals surface area contributed by atoms with Crippen LogP contribution in [0.5, 0.6) is 0 Å². The molecule has 0 radical (unpaired) electrons. The Labute approximate surface area is 204 Å². The molecule has 1 heterocycles. The van der Waals surface area contributed by atoms with E-state index in [1.807, 2.05) is 0 Å². The summed E-state index contributed by atoms with van der Waals surface area (Å²) in [6.07, 6.45) is 3.21. The number of unbranched alkanes of at least 4 members (excludes halogenated alkanes) is 1. The topological polar surface area (TPSA) is 232 Å². The minimum absolute atomic E-state index is 0.00692. The van der Waals surface area contributed by atoms with Gasteiger partial charge in [0.2, 0.25) is 17.7 Å². The molecule has 34 heavy (non-hydrogen) atoms. The summed E-state index contributed by atoms with van der Waals surface area (Å²) in [5, 5.41) is 14.5. The van der Waals surface area contributed by atoms with E-state index >= 15 is 0 Å². The van der Waals surface area contributed by atoms with E-state index in [2.05, 4.69) is 28.3 Å². The molecule has 0 bridgehead atoms. The first-order chi connectivity index (χ1) is 16.1. The maximum absolute atomic E-state index is 13.1. The number of nitrogens with two attached hydrogens (primary N) is 4. The number of rotatable bonds is 15. The van der Waals surface area contributed by atoms with E-state index in [1.165, 1.54) is 4.90 Å². The lowest BCUT2D eigenvalue weighted by atomic mass is 10.1. The highest BCUT2D eigenvalue weighted by atomic mass is 32.1. The summed E-state index contributed by atoms with van der Waals surface area (Å²) in [4.78, 5) is 55.0. The standard InChI is InChI=1S/C20H38N8O5S/c21-8-2-1-6-13(19(32)33)26-17(30)15-7-4-10-28(15)18(31)14(11-34)27-16(29)12(22)5-3-9-25-20(23)24/h12-15,34H,1-11,21-22H2,(H,26,30)(H,27,29)(H,32,33)(H4,23,24,25). The summed E-state index contributed by atoms with van der Waals surface area (Å²) in [6.45, 7) is 1.07. The second-order valence-electron chi connectivity index (χ2n) is 8.17. The van der Waals surface area contributed by atoms with Crippen molar-refractivity contribution in [1.29, 1.82) is 0 Å². The van der Waals surface area contributed by atoms with Crippen LogP contribution in [0, 0.1) is 0 Å². The minimum atomic E-state index is -1.14. The lowest BCUT2D eigenvalue weighted by molar-refractivity contribution is -0.144. The molecule has 1 fully saturated rings. The molecule has 0 aromatic rings. The summed E-state index contributed by atoms with van der Waals surface area (Å²) in [6, 6.07) is -3.73. The van der Waals surface area contributed by atoms with Crippen molar-refractivity contribution in [3.05, 3.63) is 0 Å². The normalized spacial score (nSPS) is 18.0. The molecular formula is C20H38N8O5S. The quantitative estimate of drug-likeness (QED) is 0.0509. The molecule has 3 amide bonds. The van der Waals surface area contributed by atoms with Crippen LogP contribution in [0.25, 0.3) is 0 Å². The molecule has 0 aromatic heterocycles. The van der Waals surface area contributed by atoms with Gasteiger partial charge in [-0.15, -0.1) is 0 Å². The molecule has 13 nitrogen and oxygen atoms in total. The number of hydrogen-bond acceptors (Lipinski definition) is 8. The van der Waals surface area contributed by atoms with Crippen LogP contribution in [0.2, 0.25) is 0 Å². The number of guanidine groups is 1. The molecule has 1 aliphatic rings. The van der Waals surface area contributed by atoms with Gasteiger partial charge in [0.05, 0.1) is 6.04 Å². The molecule has 0 aromatic carbocycles. The zero-order chi connectivity index (χ0) is 25.7. The van der Waals surface area contributed by atoms with Crippen molar-refractivity contribution < 1.29 is 24.3 Å². The third-order valence-electron chi connectivity index (χ3n) is 5.50. The number of aliphatic imine (C=N–C) groups is 1. The number of likely N-dealkylation sites (tertiary alicyclic amines) is 1. The first-order valence-corrected chi connectivity index (χ1v) is 12.0. The molecule has 1 aliphatic heterocycles. The van der Waals surface area contributed by atoms with Crippen LogP contribution < -0.4 is 33.6 Å². The summed E-state index contributed by atoms with van der Waals surface area (Å²) in [7, 11) is 0. The van der Waals surface area contributed by atoms with Crippen molar-refractivity contribution in [2.75, 3.05) is 25.4 Å². The Morgan fingerprint density at radius 2 is 1.79 bits per heavy atom. The summed E-state index contributed by atoms with van der Waals surface area (Å²) in [5.74, 6) is -2.71. The molecule has 0 aliphatic carbocycles. The highest BCUT2D eigenvalue weighted by Crippen LogP contribution is 2.19. The van der Waals surface area contributed by atoms with Gasteiger partial charge < -0.3 is 43.6 Å². The SMILES string of the molecule is NCCCCC(NC(=O)C1CCCN1C(=O)C(CS)NC(=O)C(N)CCCN=C(N)N)C(=O)O. The first-order valence-electron chi connectivity index (χ1n) is 11.4. The van der Waals surface area contributed by atoms with Gasteiger partial charge >= 0.3 is 5.97 Å². The van der Waals surface area contributed by atoms with Gasteiger partial charge in [-0.25, -0.2) is 4.79 Å². The number of carboxylic acid groups (broad SMARTS) is 1. The Balaban J connectivity index is 2.71. The van der Waals surface area contributed by atoms with Gasteiger partial charge in [0.25, 0.3) is 0 Å².